The minimum atomic E-state index is -4.56. The number of carbonyl (C=O) groups excluding carboxylic acids is 2. The van der Waals surface area contributed by atoms with Crippen molar-refractivity contribution in [1.29, 1.82) is 5.26 Å². The van der Waals surface area contributed by atoms with Crippen molar-refractivity contribution in [2.24, 2.45) is 0 Å². The number of halogens is 3. The summed E-state index contributed by atoms with van der Waals surface area (Å²) in [5.41, 5.74) is 1.23. The van der Waals surface area contributed by atoms with E-state index in [4.69, 9.17) is 9.47 Å². The lowest BCUT2D eigenvalue weighted by Gasteiger charge is -2.40. The van der Waals surface area contributed by atoms with E-state index in [1.54, 1.807) is 11.1 Å². The molecule has 48 heavy (non-hydrogen) atoms. The molecule has 3 aliphatic heterocycles. The molecule has 252 valence electrons. The largest absolute Gasteiger partial charge is 0.478 e. The van der Waals surface area contributed by atoms with Crippen LogP contribution < -0.4 is 14.5 Å². The molecule has 12 heteroatoms. The summed E-state index contributed by atoms with van der Waals surface area (Å²) in [5, 5.41) is 9.71. The molecule has 2 amide bonds. The highest BCUT2D eigenvalue weighted by molar-refractivity contribution is 6.09. The van der Waals surface area contributed by atoms with Gasteiger partial charge < -0.3 is 24.2 Å². The van der Waals surface area contributed by atoms with Gasteiger partial charge in [0.1, 0.15) is 11.7 Å². The van der Waals surface area contributed by atoms with Gasteiger partial charge in [-0.2, -0.15) is 18.4 Å². The predicted molar refractivity (Wildman–Crippen MR) is 174 cm³/mol. The van der Waals surface area contributed by atoms with Crippen molar-refractivity contribution in [2.45, 2.75) is 70.2 Å². The second kappa shape index (κ2) is 12.3. The minimum absolute atomic E-state index is 0.0556. The smallest absolute Gasteiger partial charge is 0.416 e. The maximum atomic E-state index is 14.7. The van der Waals surface area contributed by atoms with Crippen molar-refractivity contribution in [3.63, 3.8) is 0 Å². The summed E-state index contributed by atoms with van der Waals surface area (Å²) in [5.74, 6) is 0.426. The number of hydrogen-bond acceptors (Lipinski definition) is 7. The average molecular weight is 662 g/mol. The van der Waals surface area contributed by atoms with Crippen LogP contribution in [0.25, 0.3) is 11.1 Å². The standard InChI is InChI=1S/C36H38F3N5O4/c1-5-47-31-27(7-6-15-41-31)23-8-10-28-30(20-23)44(26-12-16-43(22-26)33(46)48-34(2,3)4)32(45)35(28)13-17-42(18-14-35)29-11-9-25(36(37,38)39)19-24(29)21-40/h6-11,15,19-20,26H,5,12-14,16-18,22H2,1-4H3/t26-/m1/s1. The van der Waals surface area contributed by atoms with Crippen LogP contribution in [-0.4, -0.2) is 66.3 Å². The summed E-state index contributed by atoms with van der Waals surface area (Å²) in [6.07, 6.45) is -1.93. The summed E-state index contributed by atoms with van der Waals surface area (Å²) in [4.78, 5) is 37.5. The van der Waals surface area contributed by atoms with Crippen LogP contribution in [0.15, 0.2) is 54.7 Å². The van der Waals surface area contributed by atoms with E-state index in [1.165, 1.54) is 6.07 Å². The van der Waals surface area contributed by atoms with Crippen molar-refractivity contribution in [3.05, 3.63) is 71.4 Å². The first-order valence-electron chi connectivity index (χ1n) is 16.2. The molecule has 0 saturated carbocycles. The molecule has 0 N–H and O–H groups in total. The van der Waals surface area contributed by atoms with E-state index >= 15 is 0 Å². The average Bonchev–Trinajstić information content (AvgIpc) is 3.61. The number of hydrogen-bond donors (Lipinski definition) is 0. The lowest BCUT2D eigenvalue weighted by atomic mass is 9.73. The van der Waals surface area contributed by atoms with Gasteiger partial charge in [-0.05, 0) is 94.5 Å². The summed E-state index contributed by atoms with van der Waals surface area (Å²) in [6, 6.07) is 14.6. The minimum Gasteiger partial charge on any atom is -0.478 e. The highest BCUT2D eigenvalue weighted by Gasteiger charge is 2.54. The van der Waals surface area contributed by atoms with Gasteiger partial charge in [0, 0.05) is 43.6 Å². The van der Waals surface area contributed by atoms with Crippen LogP contribution in [0, 0.1) is 11.3 Å². The van der Waals surface area contributed by atoms with E-state index in [9.17, 15) is 28.0 Å². The van der Waals surface area contributed by atoms with Crippen molar-refractivity contribution in [2.75, 3.05) is 42.6 Å². The number of likely N-dealkylation sites (tertiary alicyclic amines) is 1. The first-order valence-corrected chi connectivity index (χ1v) is 16.2. The molecule has 4 heterocycles. The van der Waals surface area contributed by atoms with Crippen LogP contribution >= 0.6 is 0 Å². The van der Waals surface area contributed by atoms with E-state index in [0.29, 0.717) is 63.6 Å². The Bertz CT molecular complexity index is 1770. The molecule has 3 aliphatic rings. The van der Waals surface area contributed by atoms with Gasteiger partial charge in [-0.25, -0.2) is 9.78 Å². The monoisotopic (exact) mass is 661 g/mol. The van der Waals surface area contributed by atoms with Gasteiger partial charge in [0.25, 0.3) is 0 Å². The number of nitriles is 1. The summed E-state index contributed by atoms with van der Waals surface area (Å²) in [6.45, 7) is 9.27. The lowest BCUT2D eigenvalue weighted by Crippen LogP contribution is -2.51. The van der Waals surface area contributed by atoms with E-state index in [1.807, 2.05) is 73.9 Å². The molecule has 1 spiro atoms. The molecule has 0 unspecified atom stereocenters. The Morgan fingerprint density at radius 3 is 2.48 bits per heavy atom. The number of fused-ring (bicyclic) bond motifs is 2. The van der Waals surface area contributed by atoms with E-state index < -0.39 is 28.8 Å². The number of rotatable bonds is 5. The Morgan fingerprint density at radius 1 is 1.06 bits per heavy atom. The van der Waals surface area contributed by atoms with E-state index in [-0.39, 0.29) is 17.5 Å². The fraction of sp³-hybridized carbons (Fsp3) is 0.444. The van der Waals surface area contributed by atoms with Crippen molar-refractivity contribution >= 4 is 23.4 Å². The number of carbonyl (C=O) groups is 2. The number of ether oxygens (including phenoxy) is 2. The Kier molecular flexibility index (Phi) is 8.52. The number of anilines is 2. The quantitative estimate of drug-likeness (QED) is 0.292. The summed E-state index contributed by atoms with van der Waals surface area (Å²) in [7, 11) is 0. The molecule has 2 aromatic carbocycles. The van der Waals surface area contributed by atoms with E-state index in [2.05, 4.69) is 4.98 Å². The van der Waals surface area contributed by atoms with Gasteiger partial charge in [0.05, 0.1) is 34.9 Å². The van der Waals surface area contributed by atoms with Gasteiger partial charge >= 0.3 is 12.3 Å². The first kappa shape index (κ1) is 33.1. The van der Waals surface area contributed by atoms with E-state index in [0.717, 1.165) is 34.5 Å². The number of pyridine rings is 1. The highest BCUT2D eigenvalue weighted by atomic mass is 19.4. The topological polar surface area (TPSA) is 99.0 Å². The molecule has 0 bridgehead atoms. The number of alkyl halides is 3. The Hall–Kier alpha value is -4.79. The molecule has 0 aliphatic carbocycles. The fourth-order valence-corrected chi connectivity index (χ4v) is 7.12. The number of piperidine rings is 1. The summed E-state index contributed by atoms with van der Waals surface area (Å²) < 4.78 is 51.5. The molecule has 3 aromatic rings. The number of aromatic nitrogens is 1. The zero-order valence-electron chi connectivity index (χ0n) is 27.4. The van der Waals surface area contributed by atoms with Crippen LogP contribution in [-0.2, 0) is 21.1 Å². The Balaban J connectivity index is 1.34. The fourth-order valence-electron chi connectivity index (χ4n) is 7.12. The molecule has 0 radical (unpaired) electrons. The normalized spacial score (nSPS) is 19.0. The second-order valence-electron chi connectivity index (χ2n) is 13.5. The molecule has 9 nitrogen and oxygen atoms in total. The molecule has 6 rings (SSSR count). The molecule has 2 fully saturated rings. The SMILES string of the molecule is CCOc1ncccc1-c1ccc2c(c1)N([C@@H]1CCN(C(=O)OC(C)(C)C)C1)C(=O)C21CCN(c2ccc(C(F)(F)F)cc2C#N)CC1. The molecule has 1 aromatic heterocycles. The van der Waals surface area contributed by atoms with Gasteiger partial charge in [0.15, 0.2) is 0 Å². The maximum Gasteiger partial charge on any atom is 0.416 e. The molecule has 1 atom stereocenters. The third-order valence-electron chi connectivity index (χ3n) is 9.35. The number of nitrogens with zero attached hydrogens (tertiary/aromatic N) is 5. The summed E-state index contributed by atoms with van der Waals surface area (Å²) >= 11 is 0. The molecular weight excluding hydrogens is 623 g/mol. The second-order valence-corrected chi connectivity index (χ2v) is 13.5. The molecule has 2 saturated heterocycles. The first-order chi connectivity index (χ1) is 22.8. The van der Waals surface area contributed by atoms with Crippen molar-refractivity contribution < 1.29 is 32.2 Å². The third kappa shape index (κ3) is 6.02. The lowest BCUT2D eigenvalue weighted by molar-refractivity contribution is -0.137. The zero-order chi connectivity index (χ0) is 34.4. The van der Waals surface area contributed by atoms with Crippen molar-refractivity contribution in [3.8, 4) is 23.1 Å². The van der Waals surface area contributed by atoms with Crippen molar-refractivity contribution in [1.82, 2.24) is 9.88 Å². The number of benzene rings is 2. The van der Waals surface area contributed by atoms with Gasteiger partial charge in [-0.3, -0.25) is 4.79 Å². The van der Waals surface area contributed by atoms with Crippen LogP contribution in [0.3, 0.4) is 0 Å². The highest BCUT2D eigenvalue weighted by Crippen LogP contribution is 2.51. The third-order valence-corrected chi connectivity index (χ3v) is 9.35. The van der Waals surface area contributed by atoms with Gasteiger partial charge in [-0.1, -0.05) is 12.1 Å². The van der Waals surface area contributed by atoms with Crippen LogP contribution in [0.1, 0.15) is 63.6 Å². The van der Waals surface area contributed by atoms with Crippen LogP contribution in [0.2, 0.25) is 0 Å². The van der Waals surface area contributed by atoms with Crippen LogP contribution in [0.5, 0.6) is 5.88 Å². The van der Waals surface area contributed by atoms with Gasteiger partial charge in [0.2, 0.25) is 11.8 Å². The van der Waals surface area contributed by atoms with Crippen LogP contribution in [0.4, 0.5) is 29.3 Å². The number of amides is 2. The maximum absolute atomic E-state index is 14.7. The molecular formula is C36H38F3N5O4. The predicted octanol–water partition coefficient (Wildman–Crippen LogP) is 6.93. The van der Waals surface area contributed by atoms with Gasteiger partial charge in [-0.15, -0.1) is 0 Å². The Labute approximate surface area is 277 Å². The zero-order valence-corrected chi connectivity index (χ0v) is 27.4. The Morgan fingerprint density at radius 2 is 1.81 bits per heavy atom.